The molecule has 0 aromatic heterocycles. The molecule has 6 nitrogen and oxygen atoms in total. The number of nitrogens with one attached hydrogen (secondary N) is 1. The number of sulfone groups is 1. The predicted octanol–water partition coefficient (Wildman–Crippen LogP) is 1.36. The maximum atomic E-state index is 12.5. The van der Waals surface area contributed by atoms with Gasteiger partial charge in [-0.2, -0.15) is 0 Å². The highest BCUT2D eigenvalue weighted by atomic mass is 32.2. The summed E-state index contributed by atoms with van der Waals surface area (Å²) in [5.41, 5.74) is -0.756. The quantitative estimate of drug-likeness (QED) is 0.821. The highest BCUT2D eigenvalue weighted by molar-refractivity contribution is 7.91. The van der Waals surface area contributed by atoms with Gasteiger partial charge in [-0.1, -0.05) is 30.3 Å². The van der Waals surface area contributed by atoms with Gasteiger partial charge in [-0.05, 0) is 37.2 Å². The van der Waals surface area contributed by atoms with Gasteiger partial charge < -0.3 is 10.4 Å². The SMILES string of the molecule is CC(CNC(=O)C1CC12CCS(=O)(=O)CC2)(C(=O)O)c1ccccc1. The van der Waals surface area contributed by atoms with Crippen molar-refractivity contribution in [1.82, 2.24) is 5.32 Å². The van der Waals surface area contributed by atoms with Crippen molar-refractivity contribution in [3.05, 3.63) is 35.9 Å². The molecule has 2 aliphatic rings. The van der Waals surface area contributed by atoms with Crippen LogP contribution in [0.1, 0.15) is 31.7 Å². The molecule has 3 rings (SSSR count). The molecule has 1 aromatic carbocycles. The highest BCUT2D eigenvalue weighted by Crippen LogP contribution is 2.59. The van der Waals surface area contributed by atoms with E-state index >= 15 is 0 Å². The summed E-state index contributed by atoms with van der Waals surface area (Å²) in [6.45, 7) is 1.61. The first-order valence-corrected chi connectivity index (χ1v) is 10.3. The molecule has 1 aliphatic carbocycles. The zero-order chi connectivity index (χ0) is 18.3. The van der Waals surface area contributed by atoms with Crippen molar-refractivity contribution in [2.75, 3.05) is 18.1 Å². The summed E-state index contributed by atoms with van der Waals surface area (Å²) < 4.78 is 23.1. The largest absolute Gasteiger partial charge is 0.481 e. The monoisotopic (exact) mass is 365 g/mol. The van der Waals surface area contributed by atoms with E-state index in [1.165, 1.54) is 0 Å². The number of benzene rings is 1. The van der Waals surface area contributed by atoms with Gasteiger partial charge in [-0.15, -0.1) is 0 Å². The van der Waals surface area contributed by atoms with Crippen LogP contribution in [-0.4, -0.2) is 43.5 Å². The fourth-order valence-electron chi connectivity index (χ4n) is 3.71. The summed E-state index contributed by atoms with van der Waals surface area (Å²) in [6, 6.07) is 8.85. The minimum atomic E-state index is -2.96. The first-order valence-electron chi connectivity index (χ1n) is 8.46. The Kier molecular flexibility index (Phi) is 4.39. The van der Waals surface area contributed by atoms with E-state index in [1.54, 1.807) is 31.2 Å². The number of hydrogen-bond donors (Lipinski definition) is 2. The van der Waals surface area contributed by atoms with Crippen molar-refractivity contribution in [2.24, 2.45) is 11.3 Å². The van der Waals surface area contributed by atoms with Crippen molar-refractivity contribution in [3.8, 4) is 0 Å². The van der Waals surface area contributed by atoms with Crippen LogP contribution >= 0.6 is 0 Å². The lowest BCUT2D eigenvalue weighted by Gasteiger charge is -2.26. The van der Waals surface area contributed by atoms with Gasteiger partial charge in [0.1, 0.15) is 15.3 Å². The molecule has 1 aliphatic heterocycles. The van der Waals surface area contributed by atoms with Crippen LogP contribution in [0.15, 0.2) is 30.3 Å². The van der Waals surface area contributed by atoms with Gasteiger partial charge in [0.15, 0.2) is 0 Å². The molecule has 1 heterocycles. The molecule has 1 amide bonds. The van der Waals surface area contributed by atoms with E-state index in [0.29, 0.717) is 24.8 Å². The molecule has 136 valence electrons. The number of carbonyl (C=O) groups is 2. The fourth-order valence-corrected chi connectivity index (χ4v) is 5.35. The molecule has 1 spiro atoms. The zero-order valence-corrected chi connectivity index (χ0v) is 15.0. The van der Waals surface area contributed by atoms with Crippen molar-refractivity contribution in [1.29, 1.82) is 0 Å². The van der Waals surface area contributed by atoms with Gasteiger partial charge >= 0.3 is 5.97 Å². The van der Waals surface area contributed by atoms with Gasteiger partial charge in [0, 0.05) is 12.5 Å². The van der Waals surface area contributed by atoms with Crippen LogP contribution in [0, 0.1) is 11.3 Å². The average Bonchev–Trinajstić information content (AvgIpc) is 3.30. The van der Waals surface area contributed by atoms with E-state index in [-0.39, 0.29) is 35.3 Å². The Morgan fingerprint density at radius 1 is 1.24 bits per heavy atom. The predicted molar refractivity (Wildman–Crippen MR) is 92.9 cm³/mol. The number of amides is 1. The number of aliphatic carboxylic acids is 1. The Bertz CT molecular complexity index is 775. The Morgan fingerprint density at radius 2 is 1.84 bits per heavy atom. The van der Waals surface area contributed by atoms with Crippen LogP contribution in [0.25, 0.3) is 0 Å². The Balaban J connectivity index is 1.63. The molecule has 7 heteroatoms. The Hall–Kier alpha value is -1.89. The van der Waals surface area contributed by atoms with Crippen LogP contribution in [-0.2, 0) is 24.8 Å². The van der Waals surface area contributed by atoms with Crippen molar-refractivity contribution in [3.63, 3.8) is 0 Å². The molecule has 2 N–H and O–H groups in total. The molecule has 1 aromatic rings. The van der Waals surface area contributed by atoms with Gasteiger partial charge in [0.05, 0.1) is 11.5 Å². The molecule has 2 fully saturated rings. The minimum Gasteiger partial charge on any atom is -0.481 e. The second kappa shape index (κ2) is 6.12. The number of carboxylic acids is 1. The Labute approximate surface area is 147 Å². The molecule has 2 unspecified atom stereocenters. The second-order valence-electron chi connectivity index (χ2n) is 7.49. The summed E-state index contributed by atoms with van der Waals surface area (Å²) in [5, 5.41) is 12.4. The molecule has 0 bridgehead atoms. The van der Waals surface area contributed by atoms with Crippen LogP contribution < -0.4 is 5.32 Å². The second-order valence-corrected chi connectivity index (χ2v) is 9.80. The lowest BCUT2D eigenvalue weighted by Crippen LogP contribution is -2.45. The van der Waals surface area contributed by atoms with Crippen LogP contribution in [0.3, 0.4) is 0 Å². The first kappa shape index (κ1) is 17.9. The van der Waals surface area contributed by atoms with Gasteiger partial charge in [-0.3, -0.25) is 9.59 Å². The highest BCUT2D eigenvalue weighted by Gasteiger charge is 2.59. The number of carboxylic acid groups (broad SMARTS) is 1. The van der Waals surface area contributed by atoms with Crippen LogP contribution in [0.4, 0.5) is 0 Å². The first-order chi connectivity index (χ1) is 11.7. The fraction of sp³-hybridized carbons (Fsp3) is 0.556. The Morgan fingerprint density at radius 3 is 2.40 bits per heavy atom. The maximum Gasteiger partial charge on any atom is 0.315 e. The topological polar surface area (TPSA) is 101 Å². The van der Waals surface area contributed by atoms with E-state index in [2.05, 4.69) is 5.32 Å². The standard InChI is InChI=1S/C18H23NO5S/c1-17(16(21)22,13-5-3-2-4-6-13)12-19-15(20)14-11-18(14)7-9-25(23,24)10-8-18/h2-6,14H,7-12H2,1H3,(H,19,20)(H,21,22). The lowest BCUT2D eigenvalue weighted by atomic mass is 9.82. The third-order valence-electron chi connectivity index (χ3n) is 5.83. The normalized spacial score (nSPS) is 25.7. The summed E-state index contributed by atoms with van der Waals surface area (Å²) >= 11 is 0. The third kappa shape index (κ3) is 3.42. The molecule has 25 heavy (non-hydrogen) atoms. The number of rotatable bonds is 5. The molecule has 1 saturated heterocycles. The van der Waals surface area contributed by atoms with E-state index < -0.39 is 21.2 Å². The summed E-state index contributed by atoms with van der Waals surface area (Å²) in [5.74, 6) is -1.06. The number of hydrogen-bond acceptors (Lipinski definition) is 4. The average molecular weight is 365 g/mol. The van der Waals surface area contributed by atoms with E-state index in [1.807, 2.05) is 6.07 Å². The summed E-state index contributed by atoms with van der Waals surface area (Å²) in [7, 11) is -2.96. The molecular formula is C18H23NO5S. The zero-order valence-electron chi connectivity index (χ0n) is 14.2. The van der Waals surface area contributed by atoms with Crippen molar-refractivity contribution < 1.29 is 23.1 Å². The third-order valence-corrected chi connectivity index (χ3v) is 7.48. The van der Waals surface area contributed by atoms with Gasteiger partial charge in [0.25, 0.3) is 0 Å². The van der Waals surface area contributed by atoms with Gasteiger partial charge in [-0.25, -0.2) is 8.42 Å². The molecular weight excluding hydrogens is 342 g/mol. The maximum absolute atomic E-state index is 12.5. The van der Waals surface area contributed by atoms with Crippen LogP contribution in [0.5, 0.6) is 0 Å². The molecule has 1 saturated carbocycles. The van der Waals surface area contributed by atoms with E-state index in [9.17, 15) is 23.1 Å². The minimum absolute atomic E-state index is 0.00998. The van der Waals surface area contributed by atoms with E-state index in [0.717, 1.165) is 0 Å². The summed E-state index contributed by atoms with van der Waals surface area (Å²) in [6.07, 6.45) is 1.76. The van der Waals surface area contributed by atoms with Crippen molar-refractivity contribution in [2.45, 2.75) is 31.6 Å². The smallest absolute Gasteiger partial charge is 0.315 e. The van der Waals surface area contributed by atoms with E-state index in [4.69, 9.17) is 0 Å². The number of carbonyl (C=O) groups excluding carboxylic acids is 1. The van der Waals surface area contributed by atoms with Gasteiger partial charge in [0.2, 0.25) is 5.91 Å². The summed E-state index contributed by atoms with van der Waals surface area (Å²) in [4.78, 5) is 24.3. The van der Waals surface area contributed by atoms with Crippen LogP contribution in [0.2, 0.25) is 0 Å². The lowest BCUT2D eigenvalue weighted by molar-refractivity contribution is -0.143. The molecule has 0 radical (unpaired) electrons. The molecule has 2 atom stereocenters. The van der Waals surface area contributed by atoms with Crippen molar-refractivity contribution >= 4 is 21.7 Å².